The Morgan fingerprint density at radius 1 is 1.08 bits per heavy atom. The first-order valence-electron chi connectivity index (χ1n) is 7.43. The number of carbonyl (C=O) groups excluding carboxylic acids is 1. The summed E-state index contributed by atoms with van der Waals surface area (Å²) in [6.07, 6.45) is 0. The molecule has 0 saturated carbocycles. The molecule has 0 unspecified atom stereocenters. The third-order valence-corrected chi connectivity index (χ3v) is 3.76. The van der Waals surface area contributed by atoms with Gasteiger partial charge < -0.3 is 10.2 Å². The highest BCUT2D eigenvalue weighted by atomic mass is 35.5. The Hall–Kier alpha value is -2.79. The maximum atomic E-state index is 11.8. The van der Waals surface area contributed by atoms with Gasteiger partial charge in [-0.05, 0) is 30.3 Å². The lowest BCUT2D eigenvalue weighted by Crippen LogP contribution is -2.27. The minimum atomic E-state index is -0.170. The van der Waals surface area contributed by atoms with Gasteiger partial charge in [-0.25, -0.2) is 4.79 Å². The Morgan fingerprint density at radius 2 is 1.83 bits per heavy atom. The summed E-state index contributed by atoms with van der Waals surface area (Å²) in [4.78, 5) is 13.2. The molecule has 0 saturated heterocycles. The van der Waals surface area contributed by atoms with Gasteiger partial charge in [0.15, 0.2) is 0 Å². The van der Waals surface area contributed by atoms with Crippen LogP contribution in [0.5, 0.6) is 0 Å². The van der Waals surface area contributed by atoms with Crippen LogP contribution in [0.3, 0.4) is 0 Å². The van der Waals surface area contributed by atoms with Gasteiger partial charge in [0.05, 0.1) is 11.4 Å². The van der Waals surface area contributed by atoms with Gasteiger partial charge in [0.2, 0.25) is 0 Å². The average molecular weight is 341 g/mol. The predicted molar refractivity (Wildman–Crippen MR) is 97.2 cm³/mol. The Kier molecular flexibility index (Phi) is 4.53. The van der Waals surface area contributed by atoms with Crippen molar-refractivity contribution in [3.05, 3.63) is 59.6 Å². The number of aromatic nitrogens is 2. The molecule has 5 nitrogen and oxygen atoms in total. The van der Waals surface area contributed by atoms with Crippen LogP contribution >= 0.6 is 11.6 Å². The van der Waals surface area contributed by atoms with Crippen molar-refractivity contribution in [2.24, 2.45) is 0 Å². The van der Waals surface area contributed by atoms with Crippen molar-refractivity contribution < 1.29 is 4.79 Å². The second-order valence-corrected chi connectivity index (χ2v) is 6.02. The fourth-order valence-electron chi connectivity index (χ4n) is 2.27. The SMILES string of the molecule is CN(C)C(=O)Nc1cccc(-c2cc(-c3cccc(Cl)c3)n[nH]2)c1. The summed E-state index contributed by atoms with van der Waals surface area (Å²) in [7, 11) is 3.40. The number of rotatable bonds is 3. The molecular weight excluding hydrogens is 324 g/mol. The molecule has 0 atom stereocenters. The van der Waals surface area contributed by atoms with E-state index >= 15 is 0 Å². The number of hydrogen-bond donors (Lipinski definition) is 2. The van der Waals surface area contributed by atoms with E-state index in [2.05, 4.69) is 15.5 Å². The normalized spacial score (nSPS) is 10.5. The van der Waals surface area contributed by atoms with E-state index in [0.29, 0.717) is 5.02 Å². The summed E-state index contributed by atoms with van der Waals surface area (Å²) in [5.74, 6) is 0. The average Bonchev–Trinajstić information content (AvgIpc) is 3.05. The van der Waals surface area contributed by atoms with Crippen LogP contribution in [0, 0.1) is 0 Å². The molecular formula is C18H17ClN4O. The van der Waals surface area contributed by atoms with E-state index in [1.807, 2.05) is 54.6 Å². The highest BCUT2D eigenvalue weighted by Crippen LogP contribution is 2.27. The summed E-state index contributed by atoms with van der Waals surface area (Å²) in [6, 6.07) is 16.9. The number of amides is 2. The first-order chi connectivity index (χ1) is 11.5. The van der Waals surface area contributed by atoms with Gasteiger partial charge in [0, 0.05) is 35.9 Å². The number of urea groups is 1. The van der Waals surface area contributed by atoms with Gasteiger partial charge in [-0.15, -0.1) is 0 Å². The maximum Gasteiger partial charge on any atom is 0.321 e. The minimum absolute atomic E-state index is 0.170. The number of halogens is 1. The fraction of sp³-hybridized carbons (Fsp3) is 0.111. The Balaban J connectivity index is 1.86. The Bertz CT molecular complexity index is 873. The maximum absolute atomic E-state index is 11.8. The first kappa shape index (κ1) is 16.1. The highest BCUT2D eigenvalue weighted by molar-refractivity contribution is 6.30. The van der Waals surface area contributed by atoms with Gasteiger partial charge >= 0.3 is 6.03 Å². The van der Waals surface area contributed by atoms with Gasteiger partial charge in [-0.3, -0.25) is 5.10 Å². The van der Waals surface area contributed by atoms with Crippen LogP contribution in [0.1, 0.15) is 0 Å². The van der Waals surface area contributed by atoms with Gasteiger partial charge in [0.25, 0.3) is 0 Å². The number of benzene rings is 2. The molecule has 0 aliphatic rings. The summed E-state index contributed by atoms with van der Waals surface area (Å²) in [6.45, 7) is 0. The monoisotopic (exact) mass is 340 g/mol. The van der Waals surface area contributed by atoms with Crippen molar-refractivity contribution in [3.8, 4) is 22.5 Å². The van der Waals surface area contributed by atoms with Crippen molar-refractivity contribution in [2.75, 3.05) is 19.4 Å². The van der Waals surface area contributed by atoms with Crippen LogP contribution < -0.4 is 5.32 Å². The molecule has 2 aromatic carbocycles. The molecule has 0 fully saturated rings. The van der Waals surface area contributed by atoms with E-state index in [-0.39, 0.29) is 6.03 Å². The quantitative estimate of drug-likeness (QED) is 0.738. The van der Waals surface area contributed by atoms with Gasteiger partial charge in [0.1, 0.15) is 0 Å². The topological polar surface area (TPSA) is 61.0 Å². The fourth-order valence-corrected chi connectivity index (χ4v) is 2.46. The summed E-state index contributed by atoms with van der Waals surface area (Å²) < 4.78 is 0. The molecule has 3 rings (SSSR count). The van der Waals surface area contributed by atoms with Gasteiger partial charge in [-0.1, -0.05) is 35.9 Å². The number of nitrogens with zero attached hydrogens (tertiary/aromatic N) is 2. The van der Waals surface area contributed by atoms with Crippen LogP contribution in [-0.2, 0) is 0 Å². The standard InChI is InChI=1S/C18H17ClN4O/c1-23(2)18(24)20-15-8-4-6-13(10-15)17-11-16(21-22-17)12-5-3-7-14(19)9-12/h3-11H,1-2H3,(H,20,24)(H,21,22). The van der Waals surface area contributed by atoms with Crippen LogP contribution in [0.2, 0.25) is 5.02 Å². The molecule has 0 aliphatic heterocycles. The largest absolute Gasteiger partial charge is 0.331 e. The zero-order valence-corrected chi connectivity index (χ0v) is 14.1. The van der Waals surface area contributed by atoms with E-state index in [1.165, 1.54) is 4.90 Å². The third-order valence-electron chi connectivity index (χ3n) is 3.53. The zero-order valence-electron chi connectivity index (χ0n) is 13.4. The number of carbonyl (C=O) groups is 1. The molecule has 24 heavy (non-hydrogen) atoms. The first-order valence-corrected chi connectivity index (χ1v) is 7.81. The molecule has 2 N–H and O–H groups in total. The number of H-pyrrole nitrogens is 1. The molecule has 0 bridgehead atoms. The summed E-state index contributed by atoms with van der Waals surface area (Å²) in [5.41, 5.74) is 4.29. The van der Waals surface area contributed by atoms with Crippen molar-refractivity contribution in [1.29, 1.82) is 0 Å². The molecule has 1 aromatic heterocycles. The second-order valence-electron chi connectivity index (χ2n) is 5.58. The summed E-state index contributed by atoms with van der Waals surface area (Å²) >= 11 is 6.03. The molecule has 3 aromatic rings. The van der Waals surface area contributed by atoms with Crippen molar-refractivity contribution in [2.45, 2.75) is 0 Å². The molecule has 0 radical (unpaired) electrons. The number of aromatic amines is 1. The molecule has 122 valence electrons. The van der Waals surface area contributed by atoms with E-state index in [9.17, 15) is 4.79 Å². The number of nitrogens with one attached hydrogen (secondary N) is 2. The van der Waals surface area contributed by atoms with Crippen molar-refractivity contribution >= 4 is 23.3 Å². The van der Waals surface area contributed by atoms with E-state index in [4.69, 9.17) is 11.6 Å². The lowest BCUT2D eigenvalue weighted by atomic mass is 10.1. The smallest absolute Gasteiger partial charge is 0.321 e. The van der Waals surface area contributed by atoms with Gasteiger partial charge in [-0.2, -0.15) is 5.10 Å². The molecule has 6 heteroatoms. The third kappa shape index (κ3) is 3.58. The molecule has 2 amide bonds. The second kappa shape index (κ2) is 6.76. The van der Waals surface area contributed by atoms with Crippen molar-refractivity contribution in [1.82, 2.24) is 15.1 Å². The lowest BCUT2D eigenvalue weighted by molar-refractivity contribution is 0.230. The van der Waals surface area contributed by atoms with Crippen LogP contribution in [0.4, 0.5) is 10.5 Å². The molecule has 1 heterocycles. The Labute approximate surface area is 145 Å². The molecule has 0 aliphatic carbocycles. The number of hydrogen-bond acceptors (Lipinski definition) is 2. The van der Waals surface area contributed by atoms with Crippen LogP contribution in [0.15, 0.2) is 54.6 Å². The predicted octanol–water partition coefficient (Wildman–Crippen LogP) is 4.49. The number of anilines is 1. The van der Waals surface area contributed by atoms with Crippen molar-refractivity contribution in [3.63, 3.8) is 0 Å². The minimum Gasteiger partial charge on any atom is -0.331 e. The molecule has 0 spiro atoms. The zero-order chi connectivity index (χ0) is 17.1. The van der Waals surface area contributed by atoms with Crippen LogP contribution in [-0.4, -0.2) is 35.2 Å². The van der Waals surface area contributed by atoms with E-state index in [0.717, 1.165) is 28.2 Å². The van der Waals surface area contributed by atoms with E-state index < -0.39 is 0 Å². The highest BCUT2D eigenvalue weighted by Gasteiger charge is 2.08. The Morgan fingerprint density at radius 3 is 2.58 bits per heavy atom. The van der Waals surface area contributed by atoms with Crippen LogP contribution in [0.25, 0.3) is 22.5 Å². The summed E-state index contributed by atoms with van der Waals surface area (Å²) in [5, 5.41) is 10.9. The van der Waals surface area contributed by atoms with E-state index in [1.54, 1.807) is 14.1 Å². The lowest BCUT2D eigenvalue weighted by Gasteiger charge is -2.12.